The van der Waals surface area contributed by atoms with Gasteiger partial charge in [0.2, 0.25) is 0 Å². The third kappa shape index (κ3) is 4.18. The van der Waals surface area contributed by atoms with Crippen LogP contribution in [0.25, 0.3) is 16.0 Å². The van der Waals surface area contributed by atoms with E-state index in [1.807, 2.05) is 44.2 Å². The first-order valence-electron chi connectivity index (χ1n) is 11.5. The first kappa shape index (κ1) is 23.5. The lowest BCUT2D eigenvalue weighted by molar-refractivity contribution is -0.132. The van der Waals surface area contributed by atoms with Gasteiger partial charge in [-0.3, -0.25) is 14.5 Å². The normalized spacial score (nSPS) is 17.1. The summed E-state index contributed by atoms with van der Waals surface area (Å²) in [7, 11) is 0. The number of ether oxygens (including phenoxy) is 1. The highest BCUT2D eigenvalue weighted by molar-refractivity contribution is 7.22. The highest BCUT2D eigenvalue weighted by atomic mass is 32.1. The minimum atomic E-state index is -0.846. The SMILES string of the molecule is C=CCOc1ccc(C2C(=C(O)c3ccc(C)cc3)C(=O)C(=O)N2c2nc3ccc(C)cc3s2)cc1. The Morgan fingerprint density at radius 3 is 2.44 bits per heavy atom. The Labute approximate surface area is 212 Å². The van der Waals surface area contributed by atoms with Gasteiger partial charge in [0.1, 0.15) is 18.1 Å². The van der Waals surface area contributed by atoms with Crippen LogP contribution >= 0.6 is 11.3 Å². The van der Waals surface area contributed by atoms with Crippen molar-refractivity contribution in [2.24, 2.45) is 0 Å². The molecule has 1 fully saturated rings. The second-order valence-electron chi connectivity index (χ2n) is 8.67. The number of hydrogen-bond donors (Lipinski definition) is 1. The summed E-state index contributed by atoms with van der Waals surface area (Å²) in [6.45, 7) is 7.94. The number of thiazole rings is 1. The van der Waals surface area contributed by atoms with Gasteiger partial charge in [-0.1, -0.05) is 72.0 Å². The maximum absolute atomic E-state index is 13.4. The molecular weight excluding hydrogens is 472 g/mol. The van der Waals surface area contributed by atoms with E-state index in [-0.39, 0.29) is 11.3 Å². The Kier molecular flexibility index (Phi) is 6.16. The average Bonchev–Trinajstić information content (AvgIpc) is 3.40. The monoisotopic (exact) mass is 496 g/mol. The molecule has 0 aliphatic carbocycles. The van der Waals surface area contributed by atoms with E-state index in [4.69, 9.17) is 4.74 Å². The minimum absolute atomic E-state index is 0.0269. The molecule has 2 heterocycles. The van der Waals surface area contributed by atoms with Crippen LogP contribution in [0.3, 0.4) is 0 Å². The fourth-order valence-electron chi connectivity index (χ4n) is 4.24. The van der Waals surface area contributed by atoms with Crippen molar-refractivity contribution in [1.82, 2.24) is 4.98 Å². The molecule has 36 heavy (non-hydrogen) atoms. The van der Waals surface area contributed by atoms with Crippen LogP contribution in [0.1, 0.15) is 28.3 Å². The van der Waals surface area contributed by atoms with Gasteiger partial charge in [-0.25, -0.2) is 4.98 Å². The molecule has 1 N–H and O–H groups in total. The van der Waals surface area contributed by atoms with Gasteiger partial charge < -0.3 is 9.84 Å². The van der Waals surface area contributed by atoms with Gasteiger partial charge in [0.05, 0.1) is 21.8 Å². The summed E-state index contributed by atoms with van der Waals surface area (Å²) in [6, 6.07) is 19.3. The first-order valence-corrected chi connectivity index (χ1v) is 12.3. The average molecular weight is 497 g/mol. The van der Waals surface area contributed by atoms with Crippen LogP contribution < -0.4 is 9.64 Å². The number of aryl methyl sites for hydroxylation is 2. The summed E-state index contributed by atoms with van der Waals surface area (Å²) in [5.41, 5.74) is 3.99. The lowest BCUT2D eigenvalue weighted by Crippen LogP contribution is -2.29. The molecule has 1 aromatic heterocycles. The van der Waals surface area contributed by atoms with Gasteiger partial charge >= 0.3 is 5.91 Å². The summed E-state index contributed by atoms with van der Waals surface area (Å²) in [4.78, 5) is 32.8. The van der Waals surface area contributed by atoms with Crippen LogP contribution in [0, 0.1) is 13.8 Å². The predicted octanol–water partition coefficient (Wildman–Crippen LogP) is 6.10. The Hall–Kier alpha value is -4.23. The fraction of sp³-hybridized carbons (Fsp3) is 0.138. The van der Waals surface area contributed by atoms with Crippen molar-refractivity contribution in [3.05, 3.63) is 107 Å². The third-order valence-corrected chi connectivity index (χ3v) is 7.09. The number of aliphatic hydroxyl groups is 1. The van der Waals surface area contributed by atoms with E-state index in [9.17, 15) is 14.7 Å². The quantitative estimate of drug-likeness (QED) is 0.151. The van der Waals surface area contributed by atoms with Gasteiger partial charge in [-0.15, -0.1) is 0 Å². The van der Waals surface area contributed by atoms with E-state index in [0.29, 0.717) is 28.6 Å². The van der Waals surface area contributed by atoms with Gasteiger partial charge in [-0.05, 0) is 49.2 Å². The molecule has 1 amide bonds. The van der Waals surface area contributed by atoms with E-state index in [2.05, 4.69) is 11.6 Å². The summed E-state index contributed by atoms with van der Waals surface area (Å²) >= 11 is 1.34. The molecular formula is C29H24N2O4S. The number of fused-ring (bicyclic) bond motifs is 1. The smallest absolute Gasteiger partial charge is 0.301 e. The van der Waals surface area contributed by atoms with E-state index in [0.717, 1.165) is 21.3 Å². The van der Waals surface area contributed by atoms with E-state index >= 15 is 0 Å². The number of benzene rings is 3. The van der Waals surface area contributed by atoms with Gasteiger partial charge in [0, 0.05) is 5.56 Å². The number of Topliss-reactive ketones (excluding diaryl/α,β-unsaturated/α-hetero) is 1. The number of amides is 1. The van der Waals surface area contributed by atoms with Gasteiger partial charge in [0.15, 0.2) is 5.13 Å². The molecule has 0 spiro atoms. The molecule has 7 heteroatoms. The summed E-state index contributed by atoms with van der Waals surface area (Å²) in [5.74, 6) is -1.06. The van der Waals surface area contributed by atoms with E-state index in [1.54, 1.807) is 42.5 Å². The number of aliphatic hydroxyl groups excluding tert-OH is 1. The maximum atomic E-state index is 13.4. The predicted molar refractivity (Wildman–Crippen MR) is 142 cm³/mol. The van der Waals surface area contributed by atoms with Crippen LogP contribution in [0.4, 0.5) is 5.13 Å². The van der Waals surface area contributed by atoms with Crippen molar-refractivity contribution in [2.75, 3.05) is 11.5 Å². The molecule has 180 valence electrons. The largest absolute Gasteiger partial charge is 0.507 e. The number of ketones is 1. The van der Waals surface area contributed by atoms with Crippen molar-refractivity contribution in [3.63, 3.8) is 0 Å². The molecule has 1 aliphatic heterocycles. The second-order valence-corrected chi connectivity index (χ2v) is 9.68. The summed E-state index contributed by atoms with van der Waals surface area (Å²) in [6.07, 6.45) is 1.65. The molecule has 3 aromatic carbocycles. The van der Waals surface area contributed by atoms with Gasteiger partial charge in [-0.2, -0.15) is 0 Å². The molecule has 1 atom stereocenters. The number of nitrogens with zero attached hydrogens (tertiary/aromatic N) is 2. The molecule has 1 aliphatic rings. The number of carbonyl (C=O) groups excluding carboxylic acids is 2. The molecule has 5 rings (SSSR count). The highest BCUT2D eigenvalue weighted by Crippen LogP contribution is 2.44. The summed E-state index contributed by atoms with van der Waals surface area (Å²) < 4.78 is 6.51. The molecule has 1 unspecified atom stereocenters. The van der Waals surface area contributed by atoms with Crippen molar-refractivity contribution in [3.8, 4) is 5.75 Å². The van der Waals surface area contributed by atoms with Crippen molar-refractivity contribution >= 4 is 44.1 Å². The Morgan fingerprint density at radius 2 is 1.75 bits per heavy atom. The number of hydrogen-bond acceptors (Lipinski definition) is 6. The number of anilines is 1. The van der Waals surface area contributed by atoms with E-state index in [1.165, 1.54) is 16.2 Å². The second kappa shape index (κ2) is 9.43. The number of carbonyl (C=O) groups is 2. The zero-order valence-electron chi connectivity index (χ0n) is 19.9. The van der Waals surface area contributed by atoms with Crippen LogP contribution in [0.5, 0.6) is 5.75 Å². The molecule has 0 bridgehead atoms. The summed E-state index contributed by atoms with van der Waals surface area (Å²) in [5, 5.41) is 11.7. The molecule has 0 radical (unpaired) electrons. The van der Waals surface area contributed by atoms with Crippen molar-refractivity contribution < 1.29 is 19.4 Å². The zero-order chi connectivity index (χ0) is 25.4. The van der Waals surface area contributed by atoms with E-state index < -0.39 is 17.7 Å². The topological polar surface area (TPSA) is 79.7 Å². The Balaban J connectivity index is 1.68. The lowest BCUT2D eigenvalue weighted by Gasteiger charge is -2.23. The molecule has 4 aromatic rings. The number of aromatic nitrogens is 1. The fourth-order valence-corrected chi connectivity index (χ4v) is 5.33. The van der Waals surface area contributed by atoms with Crippen LogP contribution in [0.2, 0.25) is 0 Å². The Bertz CT molecular complexity index is 1520. The van der Waals surface area contributed by atoms with Crippen molar-refractivity contribution in [2.45, 2.75) is 19.9 Å². The van der Waals surface area contributed by atoms with Crippen LogP contribution in [-0.2, 0) is 9.59 Å². The first-order chi connectivity index (χ1) is 17.4. The van der Waals surface area contributed by atoms with Crippen LogP contribution in [0.15, 0.2) is 85.0 Å². The standard InChI is InChI=1S/C29H24N2O4S/c1-4-15-35-21-12-10-19(11-13-21)25-24(26(32)20-8-5-17(2)6-9-20)27(33)28(34)31(25)29-30-22-14-7-18(3)16-23(22)36-29/h4-14,16,25,32H,1,15H2,2-3H3. The molecule has 0 saturated carbocycles. The molecule has 1 saturated heterocycles. The zero-order valence-corrected chi connectivity index (χ0v) is 20.7. The van der Waals surface area contributed by atoms with Crippen molar-refractivity contribution in [1.29, 1.82) is 0 Å². The van der Waals surface area contributed by atoms with Gasteiger partial charge in [0.25, 0.3) is 5.78 Å². The lowest BCUT2D eigenvalue weighted by atomic mass is 9.95. The highest BCUT2D eigenvalue weighted by Gasteiger charge is 2.48. The minimum Gasteiger partial charge on any atom is -0.507 e. The molecule has 6 nitrogen and oxygen atoms in total. The number of rotatable bonds is 6. The maximum Gasteiger partial charge on any atom is 0.301 e. The third-order valence-electron chi connectivity index (χ3n) is 6.07. The van der Waals surface area contributed by atoms with Crippen LogP contribution in [-0.4, -0.2) is 28.4 Å². The Morgan fingerprint density at radius 1 is 1.06 bits per heavy atom.